The van der Waals surface area contributed by atoms with Gasteiger partial charge in [0.1, 0.15) is 5.75 Å². The molecule has 1 N–H and O–H groups in total. The van der Waals surface area contributed by atoms with Crippen molar-refractivity contribution in [2.24, 2.45) is 5.10 Å². The number of hydrogen-bond donors (Lipinski definition) is 1. The molecule has 0 aliphatic heterocycles. The molecule has 0 radical (unpaired) electrons. The first-order valence-electron chi connectivity index (χ1n) is 6.20. The fourth-order valence-electron chi connectivity index (χ4n) is 1.80. The maximum Gasteiger partial charge on any atom is 0.420 e. The summed E-state index contributed by atoms with van der Waals surface area (Å²) >= 11 is 3.08. The van der Waals surface area contributed by atoms with Crippen LogP contribution in [-0.2, 0) is 6.18 Å². The molecule has 7 heteroatoms. The molecule has 0 saturated carbocycles. The number of nitrogens with zero attached hydrogens (tertiary/aromatic N) is 1. The van der Waals surface area contributed by atoms with Gasteiger partial charge in [-0.2, -0.15) is 18.3 Å². The summed E-state index contributed by atoms with van der Waals surface area (Å²) < 4.78 is 44.1. The van der Waals surface area contributed by atoms with Crippen LogP contribution in [0.3, 0.4) is 0 Å². The van der Waals surface area contributed by atoms with Crippen molar-refractivity contribution in [3.63, 3.8) is 0 Å². The third kappa shape index (κ3) is 4.00. The van der Waals surface area contributed by atoms with Crippen molar-refractivity contribution in [1.82, 2.24) is 0 Å². The molecule has 0 aliphatic carbocycles. The number of hydrogen-bond acceptors (Lipinski definition) is 3. The number of halogens is 4. The third-order valence-corrected chi connectivity index (χ3v) is 3.35. The number of para-hydroxylation sites is 1. The Balaban J connectivity index is 2.27. The largest absolute Gasteiger partial charge is 0.495 e. The summed E-state index contributed by atoms with van der Waals surface area (Å²) in [6.07, 6.45) is -3.20. The molecule has 0 heterocycles. The first kappa shape index (κ1) is 16.4. The highest BCUT2D eigenvalue weighted by atomic mass is 79.9. The summed E-state index contributed by atoms with van der Waals surface area (Å²) in [7, 11) is 1.19. The number of ether oxygens (including phenoxy) is 1. The van der Waals surface area contributed by atoms with Crippen LogP contribution in [0.1, 0.15) is 11.1 Å². The van der Waals surface area contributed by atoms with Gasteiger partial charge in [-0.3, -0.25) is 5.43 Å². The third-order valence-electron chi connectivity index (χ3n) is 2.76. The van der Waals surface area contributed by atoms with E-state index in [9.17, 15) is 13.2 Å². The molecular formula is C15H12BrF3N2O. The molecule has 2 aromatic carbocycles. The van der Waals surface area contributed by atoms with E-state index in [0.717, 1.165) is 11.8 Å². The van der Waals surface area contributed by atoms with Crippen molar-refractivity contribution in [1.29, 1.82) is 0 Å². The predicted octanol–water partition coefficient (Wildman–Crippen LogP) is 4.92. The van der Waals surface area contributed by atoms with Crippen LogP contribution in [0.2, 0.25) is 0 Å². The zero-order valence-corrected chi connectivity index (χ0v) is 13.1. The van der Waals surface area contributed by atoms with Gasteiger partial charge in [0.2, 0.25) is 0 Å². The summed E-state index contributed by atoms with van der Waals surface area (Å²) in [5.41, 5.74) is 2.92. The van der Waals surface area contributed by atoms with Gasteiger partial charge in [-0.05, 0) is 45.8 Å². The monoisotopic (exact) mass is 372 g/mol. The van der Waals surface area contributed by atoms with Gasteiger partial charge in [0.05, 0.1) is 29.0 Å². The van der Waals surface area contributed by atoms with Gasteiger partial charge in [0.15, 0.2) is 0 Å². The van der Waals surface area contributed by atoms with Crippen LogP contribution in [0.4, 0.5) is 18.9 Å². The number of alkyl halides is 3. The van der Waals surface area contributed by atoms with Crippen LogP contribution in [0.25, 0.3) is 0 Å². The van der Waals surface area contributed by atoms with Gasteiger partial charge in [-0.1, -0.05) is 18.2 Å². The standard InChI is InChI=1S/C15H12BrF3N2O/c1-22-14-12(15(17,18)19)7-10(8-13(14)16)9-20-21-11-5-3-2-4-6-11/h2-9,21H,1H3. The van der Waals surface area contributed by atoms with E-state index in [0.29, 0.717) is 5.56 Å². The molecule has 2 aromatic rings. The van der Waals surface area contributed by atoms with Crippen molar-refractivity contribution < 1.29 is 17.9 Å². The Morgan fingerprint density at radius 3 is 2.45 bits per heavy atom. The Morgan fingerprint density at radius 2 is 1.86 bits per heavy atom. The molecule has 0 spiro atoms. The normalized spacial score (nSPS) is 11.7. The summed E-state index contributed by atoms with van der Waals surface area (Å²) in [6.45, 7) is 0. The molecule has 0 aromatic heterocycles. The molecule has 0 fully saturated rings. The van der Waals surface area contributed by atoms with Crippen molar-refractivity contribution in [3.8, 4) is 5.75 Å². The Kier molecular flexibility index (Phi) is 5.07. The molecular weight excluding hydrogens is 361 g/mol. The molecule has 0 saturated heterocycles. The summed E-state index contributed by atoms with van der Waals surface area (Å²) in [6, 6.07) is 11.6. The van der Waals surface area contributed by atoms with Crippen molar-refractivity contribution in [3.05, 3.63) is 58.1 Å². The number of anilines is 1. The molecule has 0 amide bonds. The Labute approximate surface area is 133 Å². The van der Waals surface area contributed by atoms with Gasteiger partial charge in [0.25, 0.3) is 0 Å². The van der Waals surface area contributed by atoms with Crippen LogP contribution >= 0.6 is 15.9 Å². The molecule has 0 unspecified atom stereocenters. The highest BCUT2D eigenvalue weighted by Gasteiger charge is 2.35. The van der Waals surface area contributed by atoms with E-state index >= 15 is 0 Å². The lowest BCUT2D eigenvalue weighted by atomic mass is 10.1. The van der Waals surface area contributed by atoms with Gasteiger partial charge in [-0.25, -0.2) is 0 Å². The van der Waals surface area contributed by atoms with Crippen molar-refractivity contribution in [2.45, 2.75) is 6.18 Å². The minimum atomic E-state index is -4.51. The van der Waals surface area contributed by atoms with Crippen LogP contribution in [0.15, 0.2) is 52.0 Å². The average molecular weight is 373 g/mol. The number of hydrazone groups is 1. The highest BCUT2D eigenvalue weighted by Crippen LogP contribution is 2.40. The molecule has 0 aliphatic rings. The summed E-state index contributed by atoms with van der Waals surface area (Å²) in [5.74, 6) is -0.249. The zero-order valence-electron chi connectivity index (χ0n) is 11.5. The average Bonchev–Trinajstić information content (AvgIpc) is 2.47. The lowest BCUT2D eigenvalue weighted by Gasteiger charge is -2.14. The molecule has 0 atom stereocenters. The minimum absolute atomic E-state index is 0.214. The molecule has 2 rings (SSSR count). The van der Waals surface area contributed by atoms with E-state index in [1.165, 1.54) is 19.4 Å². The second-order valence-electron chi connectivity index (χ2n) is 4.32. The highest BCUT2D eigenvalue weighted by molar-refractivity contribution is 9.10. The summed E-state index contributed by atoms with van der Waals surface area (Å²) in [5, 5.41) is 3.93. The fraction of sp³-hybridized carbons (Fsp3) is 0.133. The van der Waals surface area contributed by atoms with E-state index in [-0.39, 0.29) is 10.2 Å². The maximum atomic E-state index is 13.0. The number of rotatable bonds is 4. The fourth-order valence-corrected chi connectivity index (χ4v) is 2.44. The van der Waals surface area contributed by atoms with E-state index in [1.807, 2.05) is 18.2 Å². The Morgan fingerprint density at radius 1 is 1.18 bits per heavy atom. The van der Waals surface area contributed by atoms with E-state index in [1.54, 1.807) is 12.1 Å². The van der Waals surface area contributed by atoms with Crippen LogP contribution in [0, 0.1) is 0 Å². The molecule has 116 valence electrons. The second kappa shape index (κ2) is 6.83. The van der Waals surface area contributed by atoms with Gasteiger partial charge >= 0.3 is 6.18 Å². The maximum absolute atomic E-state index is 13.0. The lowest BCUT2D eigenvalue weighted by Crippen LogP contribution is -2.09. The van der Waals surface area contributed by atoms with E-state index in [4.69, 9.17) is 4.74 Å². The van der Waals surface area contributed by atoms with Crippen LogP contribution < -0.4 is 10.2 Å². The predicted molar refractivity (Wildman–Crippen MR) is 83.4 cm³/mol. The molecule has 0 bridgehead atoms. The first-order chi connectivity index (χ1) is 10.4. The van der Waals surface area contributed by atoms with Crippen molar-refractivity contribution >= 4 is 27.8 Å². The van der Waals surface area contributed by atoms with Gasteiger partial charge in [0, 0.05) is 0 Å². The quantitative estimate of drug-likeness (QED) is 0.610. The second-order valence-corrected chi connectivity index (χ2v) is 5.17. The number of benzene rings is 2. The summed E-state index contributed by atoms with van der Waals surface area (Å²) in [4.78, 5) is 0. The van der Waals surface area contributed by atoms with Gasteiger partial charge in [-0.15, -0.1) is 0 Å². The number of methoxy groups -OCH3 is 1. The topological polar surface area (TPSA) is 33.6 Å². The SMILES string of the molecule is COc1c(Br)cc(C=NNc2ccccc2)cc1C(F)(F)F. The Bertz CT molecular complexity index is 672. The van der Waals surface area contributed by atoms with E-state index < -0.39 is 11.7 Å². The van der Waals surface area contributed by atoms with Gasteiger partial charge < -0.3 is 4.74 Å². The molecule has 3 nitrogen and oxygen atoms in total. The molecule has 22 heavy (non-hydrogen) atoms. The smallest absolute Gasteiger partial charge is 0.420 e. The lowest BCUT2D eigenvalue weighted by molar-refractivity contribution is -0.138. The Hall–Kier alpha value is -2.02. The minimum Gasteiger partial charge on any atom is -0.495 e. The van der Waals surface area contributed by atoms with Crippen LogP contribution in [0.5, 0.6) is 5.75 Å². The zero-order chi connectivity index (χ0) is 16.2. The van der Waals surface area contributed by atoms with Crippen molar-refractivity contribution in [2.75, 3.05) is 12.5 Å². The number of nitrogens with one attached hydrogen (secondary N) is 1. The van der Waals surface area contributed by atoms with Crippen LogP contribution in [-0.4, -0.2) is 13.3 Å². The van der Waals surface area contributed by atoms with E-state index in [2.05, 4.69) is 26.5 Å². The first-order valence-corrected chi connectivity index (χ1v) is 7.00.